The summed E-state index contributed by atoms with van der Waals surface area (Å²) >= 11 is 1.60. The van der Waals surface area contributed by atoms with Crippen LogP contribution in [0.1, 0.15) is 40.9 Å². The molecule has 0 saturated heterocycles. The normalized spacial score (nSPS) is 13.7. The van der Waals surface area contributed by atoms with Gasteiger partial charge in [0.1, 0.15) is 0 Å². The summed E-state index contributed by atoms with van der Waals surface area (Å²) in [6.45, 7) is 2.13. The third kappa shape index (κ3) is 4.36. The minimum absolute atomic E-state index is 0.0221. The van der Waals surface area contributed by atoms with Gasteiger partial charge in [-0.1, -0.05) is 12.1 Å². The number of nitrogens with zero attached hydrogens (tertiary/aromatic N) is 1. The second kappa shape index (κ2) is 8.48. The Kier molecular flexibility index (Phi) is 6.04. The second-order valence-electron chi connectivity index (χ2n) is 6.66. The molecule has 28 heavy (non-hydrogen) atoms. The van der Waals surface area contributed by atoms with E-state index >= 15 is 0 Å². The lowest BCUT2D eigenvalue weighted by Gasteiger charge is -2.19. The van der Waals surface area contributed by atoms with Gasteiger partial charge in [0.25, 0.3) is 5.91 Å². The quantitative estimate of drug-likeness (QED) is 0.730. The van der Waals surface area contributed by atoms with Crippen LogP contribution in [0.3, 0.4) is 0 Å². The van der Waals surface area contributed by atoms with E-state index in [2.05, 4.69) is 5.32 Å². The van der Waals surface area contributed by atoms with Gasteiger partial charge in [0, 0.05) is 29.6 Å². The van der Waals surface area contributed by atoms with Crippen molar-refractivity contribution in [2.45, 2.75) is 30.7 Å². The number of hydrogen-bond acceptors (Lipinski definition) is 4. The summed E-state index contributed by atoms with van der Waals surface area (Å²) in [5, 5.41) is 12.1. The molecule has 2 aromatic carbocycles. The lowest BCUT2D eigenvalue weighted by atomic mass is 10.0. The van der Waals surface area contributed by atoms with E-state index < -0.39 is 12.0 Å². The monoisotopic (exact) mass is 398 g/mol. The lowest BCUT2D eigenvalue weighted by molar-refractivity contribution is -0.137. The molecule has 146 valence electrons. The number of anilines is 1. The Morgan fingerprint density at radius 3 is 2.50 bits per heavy atom. The number of amides is 2. The van der Waals surface area contributed by atoms with Crippen LogP contribution >= 0.6 is 11.8 Å². The largest absolute Gasteiger partial charge is 0.481 e. The number of carboxylic acids is 1. The predicted molar refractivity (Wildman–Crippen MR) is 109 cm³/mol. The maximum Gasteiger partial charge on any atom is 0.305 e. The first kappa shape index (κ1) is 19.9. The van der Waals surface area contributed by atoms with Crippen molar-refractivity contribution in [3.63, 3.8) is 0 Å². The number of nitrogens with one attached hydrogen (secondary N) is 1. The van der Waals surface area contributed by atoms with E-state index in [1.807, 2.05) is 30.5 Å². The summed E-state index contributed by atoms with van der Waals surface area (Å²) in [6.07, 6.45) is 2.46. The number of fused-ring (bicyclic) bond motifs is 1. The zero-order valence-corrected chi connectivity index (χ0v) is 16.6. The third-order valence-electron chi connectivity index (χ3n) is 4.82. The number of carboxylic acid groups (broad SMARTS) is 1. The molecule has 1 aliphatic rings. The van der Waals surface area contributed by atoms with Crippen molar-refractivity contribution in [3.05, 3.63) is 59.2 Å². The van der Waals surface area contributed by atoms with Gasteiger partial charge < -0.3 is 15.3 Å². The highest BCUT2D eigenvalue weighted by atomic mass is 32.2. The molecule has 3 rings (SSSR count). The third-order valence-corrected chi connectivity index (χ3v) is 5.56. The number of hydrogen-bond donors (Lipinski definition) is 2. The van der Waals surface area contributed by atoms with Crippen LogP contribution in [0.25, 0.3) is 0 Å². The molecule has 7 heteroatoms. The fourth-order valence-electron chi connectivity index (χ4n) is 3.37. The topological polar surface area (TPSA) is 86.7 Å². The van der Waals surface area contributed by atoms with Crippen molar-refractivity contribution in [1.29, 1.82) is 0 Å². The number of carbonyl (C=O) groups excluding carboxylic acids is 2. The molecule has 6 nitrogen and oxygen atoms in total. The first-order valence-electron chi connectivity index (χ1n) is 8.96. The molecule has 0 bridgehead atoms. The molecule has 0 fully saturated rings. The van der Waals surface area contributed by atoms with Crippen molar-refractivity contribution in [2.75, 3.05) is 17.7 Å². The number of thioether (sulfide) groups is 1. The molecule has 1 unspecified atom stereocenters. The van der Waals surface area contributed by atoms with Crippen molar-refractivity contribution in [2.24, 2.45) is 0 Å². The van der Waals surface area contributed by atoms with E-state index in [-0.39, 0.29) is 18.2 Å². The Balaban J connectivity index is 1.80. The average Bonchev–Trinajstić information content (AvgIpc) is 3.10. The van der Waals surface area contributed by atoms with Crippen LogP contribution in [-0.4, -0.2) is 35.7 Å². The number of benzene rings is 2. The molecule has 2 aromatic rings. The molecule has 0 spiro atoms. The minimum atomic E-state index is -0.981. The molecular weight excluding hydrogens is 376 g/mol. The Bertz CT molecular complexity index is 911. The average molecular weight is 398 g/mol. The molecular formula is C21H22N2O4S. The van der Waals surface area contributed by atoms with Crippen molar-refractivity contribution in [3.8, 4) is 0 Å². The van der Waals surface area contributed by atoms with Crippen LogP contribution in [0.2, 0.25) is 0 Å². The van der Waals surface area contributed by atoms with Gasteiger partial charge >= 0.3 is 5.97 Å². The maximum atomic E-state index is 12.8. The zero-order chi connectivity index (χ0) is 20.3. The van der Waals surface area contributed by atoms with Gasteiger partial charge in [0.15, 0.2) is 0 Å². The molecule has 0 saturated carbocycles. The van der Waals surface area contributed by atoms with E-state index in [1.54, 1.807) is 34.9 Å². The van der Waals surface area contributed by atoms with E-state index in [0.29, 0.717) is 18.5 Å². The molecule has 1 atom stereocenters. The number of carbonyl (C=O) groups is 3. The Morgan fingerprint density at radius 1 is 1.18 bits per heavy atom. The highest BCUT2D eigenvalue weighted by Crippen LogP contribution is 2.29. The Labute approximate surface area is 167 Å². The minimum Gasteiger partial charge on any atom is -0.481 e. The van der Waals surface area contributed by atoms with E-state index in [4.69, 9.17) is 0 Å². The van der Waals surface area contributed by atoms with Crippen LogP contribution in [0, 0.1) is 0 Å². The first-order chi connectivity index (χ1) is 13.4. The molecule has 0 aliphatic carbocycles. The van der Waals surface area contributed by atoms with Crippen LogP contribution in [0.5, 0.6) is 0 Å². The SMILES string of the molecule is CSc1ccc(C(CC(=O)O)NC(=O)c2ccc3c(c2)CCN3C(C)=O)cc1. The Hall–Kier alpha value is -2.80. The van der Waals surface area contributed by atoms with Gasteiger partial charge in [-0.3, -0.25) is 14.4 Å². The number of rotatable bonds is 6. The van der Waals surface area contributed by atoms with E-state index in [0.717, 1.165) is 21.7 Å². The summed E-state index contributed by atoms with van der Waals surface area (Å²) in [7, 11) is 0. The van der Waals surface area contributed by atoms with Gasteiger partial charge in [-0.15, -0.1) is 11.8 Å². The highest BCUT2D eigenvalue weighted by Gasteiger charge is 2.24. The molecule has 1 heterocycles. The van der Waals surface area contributed by atoms with Gasteiger partial charge in [-0.2, -0.15) is 0 Å². The van der Waals surface area contributed by atoms with Crippen LogP contribution < -0.4 is 10.2 Å². The fraction of sp³-hybridized carbons (Fsp3) is 0.286. The molecule has 0 radical (unpaired) electrons. The molecule has 0 aromatic heterocycles. The van der Waals surface area contributed by atoms with Crippen molar-refractivity contribution >= 4 is 35.2 Å². The standard InChI is InChI=1S/C21H22N2O4S/c1-13(24)23-10-9-15-11-16(5-8-19(15)23)21(27)22-18(12-20(25)26)14-3-6-17(28-2)7-4-14/h3-8,11,18H,9-10,12H2,1-2H3,(H,22,27)(H,25,26). The smallest absolute Gasteiger partial charge is 0.305 e. The first-order valence-corrected chi connectivity index (χ1v) is 10.2. The van der Waals surface area contributed by atoms with Crippen LogP contribution in [-0.2, 0) is 16.0 Å². The summed E-state index contributed by atoms with van der Waals surface area (Å²) in [5.74, 6) is -1.33. The zero-order valence-electron chi connectivity index (χ0n) is 15.8. The van der Waals surface area contributed by atoms with Crippen molar-refractivity contribution in [1.82, 2.24) is 5.32 Å². The fourth-order valence-corrected chi connectivity index (χ4v) is 3.78. The highest BCUT2D eigenvalue weighted by molar-refractivity contribution is 7.98. The maximum absolute atomic E-state index is 12.8. The Morgan fingerprint density at radius 2 is 1.89 bits per heavy atom. The molecule has 2 N–H and O–H groups in total. The van der Waals surface area contributed by atoms with Gasteiger partial charge in [-0.25, -0.2) is 0 Å². The summed E-state index contributed by atoms with van der Waals surface area (Å²) in [4.78, 5) is 38.5. The van der Waals surface area contributed by atoms with E-state index in [9.17, 15) is 19.5 Å². The molecule has 1 aliphatic heterocycles. The summed E-state index contributed by atoms with van der Waals surface area (Å²) in [5.41, 5.74) is 2.98. The second-order valence-corrected chi connectivity index (χ2v) is 7.54. The van der Waals surface area contributed by atoms with Crippen molar-refractivity contribution < 1.29 is 19.5 Å². The summed E-state index contributed by atoms with van der Waals surface area (Å²) in [6, 6.07) is 12.1. The number of aliphatic carboxylic acids is 1. The molecule has 2 amide bonds. The van der Waals surface area contributed by atoms with Gasteiger partial charge in [0.2, 0.25) is 5.91 Å². The van der Waals surface area contributed by atoms with Crippen LogP contribution in [0.4, 0.5) is 5.69 Å². The van der Waals surface area contributed by atoms with Crippen LogP contribution in [0.15, 0.2) is 47.4 Å². The van der Waals surface area contributed by atoms with Gasteiger partial charge in [-0.05, 0) is 54.1 Å². The lowest BCUT2D eigenvalue weighted by Crippen LogP contribution is -2.30. The van der Waals surface area contributed by atoms with Gasteiger partial charge in [0.05, 0.1) is 12.5 Å². The predicted octanol–water partition coefficient (Wildman–Crippen LogP) is 3.26. The van der Waals surface area contributed by atoms with E-state index in [1.165, 1.54) is 6.92 Å². The summed E-state index contributed by atoms with van der Waals surface area (Å²) < 4.78 is 0.